The zero-order valence-electron chi connectivity index (χ0n) is 12.4. The number of carbonyl (C=O) groups is 2. The number of carbonyl (C=O) groups excluding carboxylic acids is 2. The van der Waals surface area contributed by atoms with Gasteiger partial charge in [0.05, 0.1) is 6.07 Å². The van der Waals surface area contributed by atoms with Gasteiger partial charge in [0.25, 0.3) is 0 Å². The molecule has 0 unspecified atom stereocenters. The lowest BCUT2D eigenvalue weighted by Crippen LogP contribution is -2.38. The Balaban J connectivity index is 1.80. The van der Waals surface area contributed by atoms with Gasteiger partial charge in [-0.2, -0.15) is 5.26 Å². The molecule has 0 bridgehead atoms. The molecule has 6 heteroatoms. The van der Waals surface area contributed by atoms with Crippen LogP contribution in [0.2, 0.25) is 0 Å². The van der Waals surface area contributed by atoms with E-state index in [2.05, 4.69) is 0 Å². The van der Waals surface area contributed by atoms with Crippen LogP contribution in [0.5, 0.6) is 0 Å². The van der Waals surface area contributed by atoms with Crippen molar-refractivity contribution in [3.8, 4) is 6.07 Å². The average molecular weight is 293 g/mol. The molecule has 0 aromatic heterocycles. The number of nitriles is 1. The van der Waals surface area contributed by atoms with Crippen LogP contribution in [-0.2, 0) is 14.3 Å². The van der Waals surface area contributed by atoms with E-state index in [1.165, 1.54) is 0 Å². The van der Waals surface area contributed by atoms with Gasteiger partial charge in [-0.25, -0.2) is 0 Å². The van der Waals surface area contributed by atoms with Gasteiger partial charge in [-0.05, 0) is 25.2 Å². The molecule has 0 atom stereocenters. The summed E-state index contributed by atoms with van der Waals surface area (Å²) in [6, 6.07) is 1.89. The summed E-state index contributed by atoms with van der Waals surface area (Å²) in [6.45, 7) is 3.99. The Kier molecular flexibility index (Phi) is 6.00. The largest absolute Gasteiger partial charge is 0.381 e. The SMILES string of the molecule is N#CCC(=O)N1CCCN(C(=O)CC2CCOCC2)CC1. The molecule has 2 fully saturated rings. The maximum atomic E-state index is 12.4. The van der Waals surface area contributed by atoms with E-state index in [1.54, 1.807) is 4.90 Å². The van der Waals surface area contributed by atoms with Crippen LogP contribution in [-0.4, -0.2) is 61.0 Å². The summed E-state index contributed by atoms with van der Waals surface area (Å²) in [5, 5.41) is 8.59. The maximum absolute atomic E-state index is 12.4. The molecule has 2 saturated heterocycles. The van der Waals surface area contributed by atoms with Crippen LogP contribution in [0.1, 0.15) is 32.1 Å². The van der Waals surface area contributed by atoms with Gasteiger partial charge < -0.3 is 14.5 Å². The van der Waals surface area contributed by atoms with Crippen molar-refractivity contribution < 1.29 is 14.3 Å². The van der Waals surface area contributed by atoms with Gasteiger partial charge in [-0.15, -0.1) is 0 Å². The van der Waals surface area contributed by atoms with E-state index >= 15 is 0 Å². The number of nitrogens with zero attached hydrogens (tertiary/aromatic N) is 3. The third-order valence-electron chi connectivity index (χ3n) is 4.24. The fourth-order valence-corrected chi connectivity index (χ4v) is 2.92. The lowest BCUT2D eigenvalue weighted by Gasteiger charge is -2.26. The lowest BCUT2D eigenvalue weighted by atomic mass is 9.96. The fraction of sp³-hybridized carbons (Fsp3) is 0.800. The lowest BCUT2D eigenvalue weighted by molar-refractivity contribution is -0.134. The third kappa shape index (κ3) is 4.71. The first-order chi connectivity index (χ1) is 10.2. The highest BCUT2D eigenvalue weighted by Crippen LogP contribution is 2.20. The van der Waals surface area contributed by atoms with Gasteiger partial charge in [0.2, 0.25) is 11.8 Å². The number of hydrogen-bond acceptors (Lipinski definition) is 4. The Labute approximate surface area is 125 Å². The molecule has 0 N–H and O–H groups in total. The molecule has 6 nitrogen and oxygen atoms in total. The van der Waals surface area contributed by atoms with E-state index in [1.807, 2.05) is 11.0 Å². The van der Waals surface area contributed by atoms with Crippen LogP contribution in [0.15, 0.2) is 0 Å². The molecule has 0 saturated carbocycles. The van der Waals surface area contributed by atoms with Crippen LogP contribution in [0.4, 0.5) is 0 Å². The highest BCUT2D eigenvalue weighted by molar-refractivity contribution is 5.79. The summed E-state index contributed by atoms with van der Waals surface area (Å²) in [4.78, 5) is 27.7. The fourth-order valence-electron chi connectivity index (χ4n) is 2.92. The Morgan fingerprint density at radius 1 is 1.05 bits per heavy atom. The summed E-state index contributed by atoms with van der Waals surface area (Å²) in [5.74, 6) is 0.499. The minimum Gasteiger partial charge on any atom is -0.381 e. The summed E-state index contributed by atoms with van der Waals surface area (Å²) in [7, 11) is 0. The van der Waals surface area contributed by atoms with Crippen LogP contribution in [0, 0.1) is 17.2 Å². The second-order valence-electron chi connectivity index (χ2n) is 5.71. The molecule has 0 aromatic rings. The molecule has 0 radical (unpaired) electrons. The van der Waals surface area contributed by atoms with Gasteiger partial charge in [0.15, 0.2) is 0 Å². The summed E-state index contributed by atoms with van der Waals surface area (Å²) >= 11 is 0. The predicted octanol–water partition coefficient (Wildman–Crippen LogP) is 0.778. The number of rotatable bonds is 3. The van der Waals surface area contributed by atoms with E-state index in [9.17, 15) is 9.59 Å². The summed E-state index contributed by atoms with van der Waals surface area (Å²) in [6.07, 6.45) is 3.24. The zero-order chi connectivity index (χ0) is 15.1. The van der Waals surface area contributed by atoms with Crippen molar-refractivity contribution >= 4 is 11.8 Å². The first kappa shape index (κ1) is 15.8. The van der Waals surface area contributed by atoms with E-state index in [0.29, 0.717) is 38.5 Å². The Morgan fingerprint density at radius 3 is 2.29 bits per heavy atom. The van der Waals surface area contributed by atoms with Crippen LogP contribution >= 0.6 is 0 Å². The molecule has 2 aliphatic rings. The van der Waals surface area contributed by atoms with E-state index in [0.717, 1.165) is 32.5 Å². The maximum Gasteiger partial charge on any atom is 0.236 e. The number of ether oxygens (including phenoxy) is 1. The number of hydrogen-bond donors (Lipinski definition) is 0. The van der Waals surface area contributed by atoms with Gasteiger partial charge in [0, 0.05) is 45.8 Å². The van der Waals surface area contributed by atoms with Crippen LogP contribution in [0.25, 0.3) is 0 Å². The van der Waals surface area contributed by atoms with Crippen molar-refractivity contribution in [2.45, 2.75) is 32.1 Å². The normalized spacial score (nSPS) is 20.7. The van der Waals surface area contributed by atoms with Crippen molar-refractivity contribution in [2.75, 3.05) is 39.4 Å². The molecule has 0 aromatic carbocycles. The smallest absolute Gasteiger partial charge is 0.236 e. The van der Waals surface area contributed by atoms with E-state index < -0.39 is 0 Å². The zero-order valence-corrected chi connectivity index (χ0v) is 12.4. The second-order valence-corrected chi connectivity index (χ2v) is 5.71. The molecular formula is C15H23N3O3. The topological polar surface area (TPSA) is 73.6 Å². The van der Waals surface area contributed by atoms with Gasteiger partial charge in [0.1, 0.15) is 6.42 Å². The van der Waals surface area contributed by atoms with Gasteiger partial charge in [-0.3, -0.25) is 9.59 Å². The van der Waals surface area contributed by atoms with Crippen molar-refractivity contribution in [1.29, 1.82) is 5.26 Å². The number of amides is 2. The molecule has 0 aliphatic carbocycles. The average Bonchev–Trinajstić information content (AvgIpc) is 2.74. The standard InChI is InChI=1S/C15H23N3O3/c16-5-2-14(19)17-6-1-7-18(9-8-17)15(20)12-13-3-10-21-11-4-13/h13H,1-4,6-12H2. The van der Waals surface area contributed by atoms with Crippen molar-refractivity contribution in [3.63, 3.8) is 0 Å². The predicted molar refractivity (Wildman–Crippen MR) is 76.2 cm³/mol. The Hall–Kier alpha value is -1.61. The molecule has 2 heterocycles. The highest BCUT2D eigenvalue weighted by atomic mass is 16.5. The molecule has 2 amide bonds. The van der Waals surface area contributed by atoms with Crippen molar-refractivity contribution in [2.24, 2.45) is 5.92 Å². The van der Waals surface area contributed by atoms with Crippen LogP contribution < -0.4 is 0 Å². The minimum atomic E-state index is -0.128. The molecular weight excluding hydrogens is 270 g/mol. The second kappa shape index (κ2) is 7.99. The molecule has 116 valence electrons. The quantitative estimate of drug-likeness (QED) is 0.770. The monoisotopic (exact) mass is 293 g/mol. The van der Waals surface area contributed by atoms with Gasteiger partial charge in [-0.1, -0.05) is 0 Å². The first-order valence-corrected chi connectivity index (χ1v) is 7.71. The van der Waals surface area contributed by atoms with Crippen molar-refractivity contribution in [1.82, 2.24) is 9.80 Å². The summed E-state index contributed by atoms with van der Waals surface area (Å²) in [5.41, 5.74) is 0. The molecule has 2 aliphatic heterocycles. The molecule has 21 heavy (non-hydrogen) atoms. The Morgan fingerprint density at radius 2 is 1.67 bits per heavy atom. The van der Waals surface area contributed by atoms with E-state index in [4.69, 9.17) is 10.00 Å². The Bertz CT molecular complexity index is 413. The highest BCUT2D eigenvalue weighted by Gasteiger charge is 2.24. The first-order valence-electron chi connectivity index (χ1n) is 7.71. The van der Waals surface area contributed by atoms with Gasteiger partial charge >= 0.3 is 0 Å². The minimum absolute atomic E-state index is 0.0734. The van der Waals surface area contributed by atoms with E-state index in [-0.39, 0.29) is 18.2 Å². The third-order valence-corrected chi connectivity index (χ3v) is 4.24. The molecule has 0 spiro atoms. The van der Waals surface area contributed by atoms with Crippen LogP contribution in [0.3, 0.4) is 0 Å². The van der Waals surface area contributed by atoms with Crippen molar-refractivity contribution in [3.05, 3.63) is 0 Å². The summed E-state index contributed by atoms with van der Waals surface area (Å²) < 4.78 is 5.31. The molecule has 2 rings (SSSR count).